The molecule has 0 spiro atoms. The van der Waals surface area contributed by atoms with Crippen LogP contribution in [0.5, 0.6) is 0 Å². The zero-order valence-corrected chi connectivity index (χ0v) is 18.8. The number of fused-ring (bicyclic) bond motifs is 1. The molecule has 1 heterocycles. The highest BCUT2D eigenvalue weighted by atomic mass is 16.2. The Morgan fingerprint density at radius 3 is 2.23 bits per heavy atom. The lowest BCUT2D eigenvalue weighted by Crippen LogP contribution is -2.58. The SMILES string of the molecule is CC(=O)C(=O)C(CC1CCC1)NC(=O)[C@@H]1[C@H]2CCC[C@H]2CN1C(=O)[C@@H](N)C(C)(C)C. The van der Waals surface area contributed by atoms with Crippen molar-refractivity contribution >= 4 is 23.4 Å². The molecule has 2 amide bonds. The number of carbonyl (C=O) groups excluding carboxylic acids is 4. The van der Waals surface area contributed by atoms with Gasteiger partial charge in [-0.1, -0.05) is 46.5 Å². The molecule has 2 saturated carbocycles. The molecule has 0 bridgehead atoms. The van der Waals surface area contributed by atoms with Crippen LogP contribution in [0.15, 0.2) is 0 Å². The Morgan fingerprint density at radius 1 is 1.07 bits per heavy atom. The van der Waals surface area contributed by atoms with Gasteiger partial charge in [0.25, 0.3) is 0 Å². The third kappa shape index (κ3) is 4.61. The van der Waals surface area contributed by atoms with Gasteiger partial charge in [-0.15, -0.1) is 0 Å². The second-order valence-corrected chi connectivity index (χ2v) is 10.6. The fourth-order valence-electron chi connectivity index (χ4n) is 5.21. The summed E-state index contributed by atoms with van der Waals surface area (Å²) in [5.74, 6) is -0.826. The van der Waals surface area contributed by atoms with Gasteiger partial charge in [-0.05, 0) is 42.4 Å². The maximum absolute atomic E-state index is 13.4. The number of hydrogen-bond acceptors (Lipinski definition) is 5. The molecule has 1 aliphatic heterocycles. The van der Waals surface area contributed by atoms with Crippen LogP contribution >= 0.6 is 0 Å². The van der Waals surface area contributed by atoms with E-state index in [1.54, 1.807) is 4.90 Å². The summed E-state index contributed by atoms with van der Waals surface area (Å²) in [7, 11) is 0. The summed E-state index contributed by atoms with van der Waals surface area (Å²) >= 11 is 0. The average Bonchev–Trinajstić information content (AvgIpc) is 3.21. The van der Waals surface area contributed by atoms with E-state index in [1.165, 1.54) is 6.92 Å². The topological polar surface area (TPSA) is 110 Å². The third-order valence-corrected chi connectivity index (χ3v) is 7.41. The fraction of sp³-hybridized carbons (Fsp3) is 0.826. The van der Waals surface area contributed by atoms with Gasteiger partial charge in [-0.3, -0.25) is 19.2 Å². The molecule has 7 heteroatoms. The van der Waals surface area contributed by atoms with Crippen molar-refractivity contribution in [1.82, 2.24) is 10.2 Å². The van der Waals surface area contributed by atoms with Crippen LogP contribution in [0.4, 0.5) is 0 Å². The number of nitrogens with one attached hydrogen (secondary N) is 1. The van der Waals surface area contributed by atoms with Crippen molar-refractivity contribution in [1.29, 1.82) is 0 Å². The van der Waals surface area contributed by atoms with E-state index in [-0.39, 0.29) is 17.7 Å². The van der Waals surface area contributed by atoms with E-state index >= 15 is 0 Å². The van der Waals surface area contributed by atoms with Crippen molar-refractivity contribution in [3.63, 3.8) is 0 Å². The first-order chi connectivity index (χ1) is 14.0. The number of nitrogens with zero attached hydrogens (tertiary/aromatic N) is 1. The molecule has 0 aromatic rings. The van der Waals surface area contributed by atoms with Crippen LogP contribution in [-0.2, 0) is 19.2 Å². The summed E-state index contributed by atoms with van der Waals surface area (Å²) in [5.41, 5.74) is 5.84. The summed E-state index contributed by atoms with van der Waals surface area (Å²) in [6.07, 6.45) is 6.61. The number of likely N-dealkylation sites (tertiary alicyclic amines) is 1. The van der Waals surface area contributed by atoms with Crippen molar-refractivity contribution in [2.75, 3.05) is 6.54 Å². The molecule has 0 radical (unpaired) electrons. The third-order valence-electron chi connectivity index (χ3n) is 7.41. The van der Waals surface area contributed by atoms with Gasteiger partial charge in [0.2, 0.25) is 17.6 Å². The van der Waals surface area contributed by atoms with E-state index in [1.807, 2.05) is 20.8 Å². The minimum atomic E-state index is -0.797. The van der Waals surface area contributed by atoms with Gasteiger partial charge in [-0.25, -0.2) is 0 Å². The minimum Gasteiger partial charge on any atom is -0.344 e. The maximum atomic E-state index is 13.4. The van der Waals surface area contributed by atoms with Crippen molar-refractivity contribution in [2.24, 2.45) is 28.9 Å². The predicted octanol–water partition coefficient (Wildman–Crippen LogP) is 1.82. The summed E-state index contributed by atoms with van der Waals surface area (Å²) in [5, 5.41) is 2.87. The second-order valence-electron chi connectivity index (χ2n) is 10.6. The quantitative estimate of drug-likeness (QED) is 0.612. The van der Waals surface area contributed by atoms with Gasteiger partial charge >= 0.3 is 0 Å². The van der Waals surface area contributed by atoms with Gasteiger partial charge in [0.1, 0.15) is 6.04 Å². The molecule has 3 fully saturated rings. The lowest BCUT2D eigenvalue weighted by atomic mass is 9.79. The predicted molar refractivity (Wildman–Crippen MR) is 113 cm³/mol. The van der Waals surface area contributed by atoms with Crippen LogP contribution < -0.4 is 11.1 Å². The number of amides is 2. The molecule has 0 aromatic carbocycles. The number of carbonyl (C=O) groups is 4. The molecule has 168 valence electrons. The Balaban J connectivity index is 1.79. The van der Waals surface area contributed by atoms with Crippen LogP contribution in [0.2, 0.25) is 0 Å². The molecule has 2 aliphatic carbocycles. The number of nitrogens with two attached hydrogens (primary N) is 1. The van der Waals surface area contributed by atoms with Crippen LogP contribution in [0.25, 0.3) is 0 Å². The van der Waals surface area contributed by atoms with Gasteiger partial charge in [0.05, 0.1) is 12.1 Å². The van der Waals surface area contributed by atoms with E-state index in [2.05, 4.69) is 5.32 Å². The Labute approximate surface area is 179 Å². The van der Waals surface area contributed by atoms with Gasteiger partial charge < -0.3 is 16.0 Å². The standard InChI is InChI=1S/C23H37N3O4/c1-13(27)19(28)17(11-14-7-5-8-14)25-21(29)18-16-10-6-9-15(16)12-26(18)22(30)20(24)23(2,3)4/h14-18,20H,5-12,24H2,1-4H3,(H,25,29)/t15-,16-,17?,18-,20+/m0/s1. The Hall–Kier alpha value is -1.76. The van der Waals surface area contributed by atoms with Crippen LogP contribution in [0.1, 0.15) is 72.6 Å². The zero-order chi connectivity index (χ0) is 22.2. The van der Waals surface area contributed by atoms with Crippen molar-refractivity contribution in [2.45, 2.75) is 90.8 Å². The van der Waals surface area contributed by atoms with E-state index in [0.29, 0.717) is 24.8 Å². The van der Waals surface area contributed by atoms with E-state index in [0.717, 1.165) is 38.5 Å². The van der Waals surface area contributed by atoms with Crippen molar-refractivity contribution < 1.29 is 19.2 Å². The largest absolute Gasteiger partial charge is 0.344 e. The molecular formula is C23H37N3O4. The smallest absolute Gasteiger partial charge is 0.243 e. The Bertz CT molecular complexity index is 710. The monoisotopic (exact) mass is 419 g/mol. The zero-order valence-electron chi connectivity index (χ0n) is 18.8. The molecule has 30 heavy (non-hydrogen) atoms. The molecule has 1 saturated heterocycles. The van der Waals surface area contributed by atoms with E-state index < -0.39 is 35.1 Å². The molecule has 3 aliphatic rings. The second kappa shape index (κ2) is 8.77. The summed E-state index contributed by atoms with van der Waals surface area (Å²) in [6.45, 7) is 7.55. The summed E-state index contributed by atoms with van der Waals surface area (Å²) < 4.78 is 0. The van der Waals surface area contributed by atoms with Gasteiger partial charge in [0.15, 0.2) is 5.78 Å². The van der Waals surface area contributed by atoms with Crippen LogP contribution in [0.3, 0.4) is 0 Å². The molecule has 0 aromatic heterocycles. The molecular weight excluding hydrogens is 382 g/mol. The molecule has 3 rings (SSSR count). The fourth-order valence-corrected chi connectivity index (χ4v) is 5.21. The first-order valence-electron chi connectivity index (χ1n) is 11.4. The molecule has 3 N–H and O–H groups in total. The van der Waals surface area contributed by atoms with E-state index in [9.17, 15) is 19.2 Å². The summed E-state index contributed by atoms with van der Waals surface area (Å²) in [4.78, 5) is 52.5. The highest BCUT2D eigenvalue weighted by molar-refractivity contribution is 6.38. The van der Waals surface area contributed by atoms with E-state index in [4.69, 9.17) is 5.73 Å². The van der Waals surface area contributed by atoms with Crippen LogP contribution in [-0.4, -0.2) is 53.0 Å². The minimum absolute atomic E-state index is 0.0953. The highest BCUT2D eigenvalue weighted by Crippen LogP contribution is 2.43. The van der Waals surface area contributed by atoms with Crippen LogP contribution in [0, 0.1) is 23.2 Å². The Kier molecular flexibility index (Phi) is 6.70. The number of ketones is 2. The first-order valence-corrected chi connectivity index (χ1v) is 11.4. The average molecular weight is 420 g/mol. The molecule has 7 nitrogen and oxygen atoms in total. The lowest BCUT2D eigenvalue weighted by molar-refractivity contribution is -0.143. The van der Waals surface area contributed by atoms with Gasteiger partial charge in [-0.2, -0.15) is 0 Å². The van der Waals surface area contributed by atoms with Crippen molar-refractivity contribution in [3.8, 4) is 0 Å². The van der Waals surface area contributed by atoms with Gasteiger partial charge in [0, 0.05) is 13.5 Å². The highest BCUT2D eigenvalue weighted by Gasteiger charge is 2.51. The number of hydrogen-bond donors (Lipinski definition) is 2. The first kappa shape index (κ1) is 22.9. The normalized spacial score (nSPS) is 28.4. The number of Topliss-reactive ketones (excluding diaryl/α,β-unsaturated/α-hetero) is 2. The Morgan fingerprint density at radius 2 is 1.70 bits per heavy atom. The molecule has 1 unspecified atom stereocenters. The summed E-state index contributed by atoms with van der Waals surface area (Å²) in [6, 6.07) is -2.10. The molecule has 5 atom stereocenters. The number of rotatable bonds is 7. The maximum Gasteiger partial charge on any atom is 0.243 e. The lowest BCUT2D eigenvalue weighted by Gasteiger charge is -2.35. The van der Waals surface area contributed by atoms with Crippen molar-refractivity contribution in [3.05, 3.63) is 0 Å².